The van der Waals surface area contributed by atoms with Crippen molar-refractivity contribution in [3.05, 3.63) is 47.8 Å². The molecule has 1 aliphatic heterocycles. The molecule has 4 heterocycles. The van der Waals surface area contributed by atoms with E-state index in [0.29, 0.717) is 29.7 Å². The molecule has 1 aromatic carbocycles. The number of methoxy groups -OCH3 is 1. The van der Waals surface area contributed by atoms with Gasteiger partial charge in [-0.15, -0.1) is 0 Å². The number of benzene rings is 1. The molecule has 0 N–H and O–H groups in total. The summed E-state index contributed by atoms with van der Waals surface area (Å²) in [6.45, 7) is 4.24. The van der Waals surface area contributed by atoms with Crippen LogP contribution in [0.3, 0.4) is 0 Å². The van der Waals surface area contributed by atoms with E-state index >= 15 is 0 Å². The SMILES string of the molecule is COc1ccc2c(c1)-c1oncc1Cc1c(-c3nc(CC(C)C)no3)ncn1-2. The van der Waals surface area contributed by atoms with Gasteiger partial charge in [-0.05, 0) is 24.1 Å². The second-order valence-electron chi connectivity index (χ2n) is 7.26. The molecular formula is C20H19N5O3. The highest BCUT2D eigenvalue weighted by molar-refractivity contribution is 5.76. The van der Waals surface area contributed by atoms with Crippen molar-refractivity contribution >= 4 is 0 Å². The van der Waals surface area contributed by atoms with Crippen LogP contribution in [0, 0.1) is 5.92 Å². The number of rotatable bonds is 4. The van der Waals surface area contributed by atoms with E-state index in [0.717, 1.165) is 40.4 Å². The van der Waals surface area contributed by atoms with E-state index < -0.39 is 0 Å². The molecule has 0 radical (unpaired) electrons. The molecule has 0 atom stereocenters. The van der Waals surface area contributed by atoms with E-state index in [9.17, 15) is 0 Å². The number of aromatic nitrogens is 5. The molecule has 1 aliphatic rings. The zero-order chi connectivity index (χ0) is 19.3. The van der Waals surface area contributed by atoms with Gasteiger partial charge in [0.25, 0.3) is 5.89 Å². The first-order valence-corrected chi connectivity index (χ1v) is 9.15. The number of hydrogen-bond donors (Lipinski definition) is 0. The smallest absolute Gasteiger partial charge is 0.278 e. The Kier molecular flexibility index (Phi) is 3.78. The van der Waals surface area contributed by atoms with E-state index in [2.05, 4.69) is 34.1 Å². The molecule has 8 nitrogen and oxygen atoms in total. The third-order valence-corrected chi connectivity index (χ3v) is 4.84. The van der Waals surface area contributed by atoms with Crippen LogP contribution in [0.5, 0.6) is 5.75 Å². The van der Waals surface area contributed by atoms with E-state index in [1.807, 2.05) is 22.8 Å². The van der Waals surface area contributed by atoms with Crippen molar-refractivity contribution in [2.24, 2.45) is 5.92 Å². The summed E-state index contributed by atoms with van der Waals surface area (Å²) >= 11 is 0. The Bertz CT molecular complexity index is 1150. The van der Waals surface area contributed by atoms with Crippen molar-refractivity contribution in [2.45, 2.75) is 26.7 Å². The highest BCUT2D eigenvalue weighted by Crippen LogP contribution is 2.39. The highest BCUT2D eigenvalue weighted by atomic mass is 16.5. The van der Waals surface area contributed by atoms with Gasteiger partial charge in [0.15, 0.2) is 17.3 Å². The normalized spacial score (nSPS) is 12.4. The first-order chi connectivity index (χ1) is 13.6. The Morgan fingerprint density at radius 3 is 2.96 bits per heavy atom. The molecule has 0 saturated heterocycles. The third-order valence-electron chi connectivity index (χ3n) is 4.84. The summed E-state index contributed by atoms with van der Waals surface area (Å²) in [4.78, 5) is 9.13. The minimum absolute atomic E-state index is 0.430. The summed E-state index contributed by atoms with van der Waals surface area (Å²) in [6, 6.07) is 5.84. The predicted octanol–water partition coefficient (Wildman–Crippen LogP) is 3.69. The molecule has 0 unspecified atom stereocenters. The third kappa shape index (κ3) is 2.60. The Labute approximate surface area is 161 Å². The van der Waals surface area contributed by atoms with Crippen LogP contribution in [-0.2, 0) is 12.8 Å². The summed E-state index contributed by atoms with van der Waals surface area (Å²) in [6.07, 6.45) is 4.87. The highest BCUT2D eigenvalue weighted by Gasteiger charge is 2.28. The van der Waals surface area contributed by atoms with Crippen LogP contribution in [0.15, 0.2) is 39.8 Å². The van der Waals surface area contributed by atoms with E-state index in [1.165, 1.54) is 0 Å². The number of ether oxygens (including phenoxy) is 1. The fourth-order valence-corrected chi connectivity index (χ4v) is 3.55. The van der Waals surface area contributed by atoms with Crippen LogP contribution < -0.4 is 4.74 Å². The molecule has 0 amide bonds. The molecule has 142 valence electrons. The lowest BCUT2D eigenvalue weighted by molar-refractivity contribution is 0.413. The van der Waals surface area contributed by atoms with Crippen molar-refractivity contribution in [1.29, 1.82) is 0 Å². The maximum absolute atomic E-state index is 5.57. The second kappa shape index (κ2) is 6.33. The fourth-order valence-electron chi connectivity index (χ4n) is 3.55. The second-order valence-corrected chi connectivity index (χ2v) is 7.26. The van der Waals surface area contributed by atoms with Crippen molar-refractivity contribution in [3.8, 4) is 34.3 Å². The molecule has 3 aromatic heterocycles. The van der Waals surface area contributed by atoms with Crippen LogP contribution in [0.2, 0.25) is 0 Å². The molecular weight excluding hydrogens is 358 g/mol. The van der Waals surface area contributed by atoms with Gasteiger partial charge >= 0.3 is 0 Å². The Balaban J connectivity index is 1.67. The largest absolute Gasteiger partial charge is 0.497 e. The van der Waals surface area contributed by atoms with E-state index in [-0.39, 0.29) is 0 Å². The monoisotopic (exact) mass is 377 g/mol. The van der Waals surface area contributed by atoms with E-state index in [1.54, 1.807) is 19.6 Å². The molecule has 0 spiro atoms. The van der Waals surface area contributed by atoms with Crippen LogP contribution in [0.4, 0.5) is 0 Å². The van der Waals surface area contributed by atoms with Crippen molar-refractivity contribution in [2.75, 3.05) is 7.11 Å². The lowest BCUT2D eigenvalue weighted by Crippen LogP contribution is -2.00. The standard InChI is InChI=1S/C20H19N5O3/c1-11(2)6-17-23-20(28-24-17)18-16-7-12-9-22-27-19(12)14-8-13(26-3)4-5-15(14)25(16)10-21-18/h4-5,8-11H,6-7H2,1-3H3. The van der Waals surface area contributed by atoms with E-state index in [4.69, 9.17) is 13.8 Å². The molecule has 28 heavy (non-hydrogen) atoms. The summed E-state index contributed by atoms with van der Waals surface area (Å²) in [5.74, 6) is 3.05. The molecule has 0 fully saturated rings. The molecule has 0 saturated carbocycles. The van der Waals surface area contributed by atoms with Gasteiger partial charge in [0, 0.05) is 24.0 Å². The molecule has 0 bridgehead atoms. The van der Waals surface area contributed by atoms with Gasteiger partial charge in [-0.3, -0.25) is 0 Å². The van der Waals surface area contributed by atoms with Crippen LogP contribution in [0.1, 0.15) is 30.9 Å². The van der Waals surface area contributed by atoms with Gasteiger partial charge in [0.1, 0.15) is 12.1 Å². The minimum atomic E-state index is 0.430. The molecule has 5 rings (SSSR count). The Hall–Kier alpha value is -3.42. The van der Waals surface area contributed by atoms with Crippen molar-refractivity contribution < 1.29 is 13.8 Å². The zero-order valence-corrected chi connectivity index (χ0v) is 15.8. The first kappa shape index (κ1) is 16.7. The molecule has 0 aliphatic carbocycles. The summed E-state index contributed by atoms with van der Waals surface area (Å²) in [7, 11) is 1.64. The van der Waals surface area contributed by atoms with Crippen LogP contribution in [-0.4, -0.2) is 32.0 Å². The summed E-state index contributed by atoms with van der Waals surface area (Å²) in [5.41, 5.74) is 4.44. The predicted molar refractivity (Wildman–Crippen MR) is 100 cm³/mol. The maximum Gasteiger partial charge on any atom is 0.278 e. The van der Waals surface area contributed by atoms with Gasteiger partial charge in [-0.1, -0.05) is 24.2 Å². The number of fused-ring (bicyclic) bond motifs is 5. The average molecular weight is 377 g/mol. The summed E-state index contributed by atoms with van der Waals surface area (Å²) in [5, 5.41) is 8.10. The summed E-state index contributed by atoms with van der Waals surface area (Å²) < 4.78 is 18.5. The lowest BCUT2D eigenvalue weighted by Gasteiger charge is -2.10. The number of nitrogens with zero attached hydrogens (tertiary/aromatic N) is 5. The molecule has 4 aromatic rings. The number of imidazole rings is 1. The van der Waals surface area contributed by atoms with Crippen LogP contribution >= 0.6 is 0 Å². The van der Waals surface area contributed by atoms with Gasteiger partial charge in [0.05, 0.1) is 24.7 Å². The van der Waals surface area contributed by atoms with Gasteiger partial charge in [-0.2, -0.15) is 4.98 Å². The van der Waals surface area contributed by atoms with Crippen LogP contribution in [0.25, 0.3) is 28.6 Å². The van der Waals surface area contributed by atoms with Gasteiger partial charge in [0.2, 0.25) is 0 Å². The number of hydrogen-bond acceptors (Lipinski definition) is 7. The van der Waals surface area contributed by atoms with Crippen molar-refractivity contribution in [3.63, 3.8) is 0 Å². The maximum atomic E-state index is 5.57. The first-order valence-electron chi connectivity index (χ1n) is 9.15. The minimum Gasteiger partial charge on any atom is -0.497 e. The Morgan fingerprint density at radius 2 is 2.14 bits per heavy atom. The molecule has 8 heteroatoms. The van der Waals surface area contributed by atoms with Gasteiger partial charge < -0.3 is 18.4 Å². The zero-order valence-electron chi connectivity index (χ0n) is 15.8. The Morgan fingerprint density at radius 1 is 1.25 bits per heavy atom. The topological polar surface area (TPSA) is 92.0 Å². The quantitative estimate of drug-likeness (QED) is 0.471. The van der Waals surface area contributed by atoms with Crippen molar-refractivity contribution in [1.82, 2.24) is 24.8 Å². The lowest BCUT2D eigenvalue weighted by atomic mass is 10.1. The fraction of sp³-hybridized carbons (Fsp3) is 0.300. The average Bonchev–Trinajstić information content (AvgIpc) is 3.40. The van der Waals surface area contributed by atoms with Gasteiger partial charge in [-0.25, -0.2) is 4.98 Å².